The van der Waals surface area contributed by atoms with E-state index in [1.807, 2.05) is 0 Å². The fraction of sp³-hybridized carbons (Fsp3) is 0.462. The molecule has 1 N–H and O–H groups in total. The molecule has 0 aromatic heterocycles. The number of likely N-dealkylation sites (N-methyl/N-ethyl adjacent to an activating group) is 1. The van der Waals surface area contributed by atoms with Gasteiger partial charge in [-0.25, -0.2) is 8.78 Å². The van der Waals surface area contributed by atoms with Crippen LogP contribution in [0.25, 0.3) is 0 Å². The lowest BCUT2D eigenvalue weighted by molar-refractivity contribution is 0.0707. The number of benzene rings is 1. The second kappa shape index (κ2) is 6.82. The van der Waals surface area contributed by atoms with Gasteiger partial charge in [0.2, 0.25) is 0 Å². The Morgan fingerprint density at radius 3 is 2.68 bits per heavy atom. The predicted octanol–water partition coefficient (Wildman–Crippen LogP) is 2.21. The summed E-state index contributed by atoms with van der Waals surface area (Å²) in [7, 11) is 1.70. The molecular weight excluding hydrogens is 274 g/mol. The Balaban J connectivity index is 0.00000180. The van der Waals surface area contributed by atoms with E-state index in [-0.39, 0.29) is 29.9 Å². The van der Waals surface area contributed by atoms with Crippen LogP contribution in [0.1, 0.15) is 23.2 Å². The number of hydrogen-bond donors (Lipinski definition) is 1. The SMILES string of the molecule is CN(C(=O)c1ccc(F)c(F)c1)[C@@H]1CCCNC1.Cl. The van der Waals surface area contributed by atoms with Gasteiger partial charge in [-0.3, -0.25) is 4.79 Å². The number of amides is 1. The maximum atomic E-state index is 13.1. The molecule has 3 nitrogen and oxygen atoms in total. The Labute approximate surface area is 117 Å². The van der Waals surface area contributed by atoms with Crippen molar-refractivity contribution in [3.63, 3.8) is 0 Å². The van der Waals surface area contributed by atoms with Gasteiger partial charge in [0.1, 0.15) is 0 Å². The second-order valence-electron chi connectivity index (χ2n) is 4.55. The summed E-state index contributed by atoms with van der Waals surface area (Å²) in [6, 6.07) is 3.35. The molecule has 0 aliphatic carbocycles. The van der Waals surface area contributed by atoms with Crippen LogP contribution in [-0.2, 0) is 0 Å². The third kappa shape index (κ3) is 3.64. The van der Waals surface area contributed by atoms with Gasteiger partial charge >= 0.3 is 0 Å². The van der Waals surface area contributed by atoms with E-state index in [0.717, 1.165) is 38.1 Å². The van der Waals surface area contributed by atoms with Crippen LogP contribution in [0.5, 0.6) is 0 Å². The minimum Gasteiger partial charge on any atom is -0.337 e. The maximum Gasteiger partial charge on any atom is 0.253 e. The number of nitrogens with one attached hydrogen (secondary N) is 1. The van der Waals surface area contributed by atoms with Crippen molar-refractivity contribution in [1.29, 1.82) is 0 Å². The van der Waals surface area contributed by atoms with Gasteiger partial charge in [-0.2, -0.15) is 0 Å². The largest absolute Gasteiger partial charge is 0.337 e. The highest BCUT2D eigenvalue weighted by Gasteiger charge is 2.23. The summed E-state index contributed by atoms with van der Waals surface area (Å²) in [4.78, 5) is 13.7. The van der Waals surface area contributed by atoms with Gasteiger partial charge in [-0.05, 0) is 37.6 Å². The minimum atomic E-state index is -0.990. The van der Waals surface area contributed by atoms with E-state index in [4.69, 9.17) is 0 Å². The maximum absolute atomic E-state index is 13.1. The van der Waals surface area contributed by atoms with Crippen molar-refractivity contribution in [3.8, 4) is 0 Å². The Bertz CT molecular complexity index is 450. The molecule has 19 heavy (non-hydrogen) atoms. The first kappa shape index (κ1) is 15.9. The smallest absolute Gasteiger partial charge is 0.253 e. The van der Waals surface area contributed by atoms with E-state index in [1.54, 1.807) is 11.9 Å². The van der Waals surface area contributed by atoms with Crippen LogP contribution in [0.4, 0.5) is 8.78 Å². The Morgan fingerprint density at radius 1 is 1.37 bits per heavy atom. The van der Waals surface area contributed by atoms with Crippen LogP contribution in [0.15, 0.2) is 18.2 Å². The van der Waals surface area contributed by atoms with Gasteiger partial charge in [0.25, 0.3) is 5.91 Å². The highest BCUT2D eigenvalue weighted by atomic mass is 35.5. The quantitative estimate of drug-likeness (QED) is 0.906. The molecular formula is C13H17ClF2N2O. The number of nitrogens with zero attached hydrogens (tertiary/aromatic N) is 1. The monoisotopic (exact) mass is 290 g/mol. The van der Waals surface area contributed by atoms with Crippen LogP contribution in [0, 0.1) is 11.6 Å². The number of carbonyl (C=O) groups is 1. The van der Waals surface area contributed by atoms with Crippen molar-refractivity contribution >= 4 is 18.3 Å². The fourth-order valence-corrected chi connectivity index (χ4v) is 2.16. The number of carbonyl (C=O) groups excluding carboxylic acids is 1. The Morgan fingerprint density at radius 2 is 2.11 bits per heavy atom. The van der Waals surface area contributed by atoms with E-state index < -0.39 is 11.6 Å². The summed E-state index contributed by atoms with van der Waals surface area (Å²) in [5.41, 5.74) is 0.182. The van der Waals surface area contributed by atoms with Crippen molar-refractivity contribution in [2.45, 2.75) is 18.9 Å². The zero-order chi connectivity index (χ0) is 13.1. The summed E-state index contributed by atoms with van der Waals surface area (Å²) in [6.45, 7) is 1.70. The summed E-state index contributed by atoms with van der Waals surface area (Å²) >= 11 is 0. The minimum absolute atomic E-state index is 0. The molecule has 1 aromatic carbocycles. The molecule has 106 valence electrons. The molecule has 6 heteroatoms. The predicted molar refractivity (Wildman–Crippen MR) is 71.6 cm³/mol. The molecule has 1 aliphatic heterocycles. The molecule has 1 saturated heterocycles. The van der Waals surface area contributed by atoms with E-state index in [1.165, 1.54) is 6.07 Å². The average Bonchev–Trinajstić information content (AvgIpc) is 2.41. The van der Waals surface area contributed by atoms with E-state index in [9.17, 15) is 13.6 Å². The zero-order valence-corrected chi connectivity index (χ0v) is 11.5. The molecule has 0 spiro atoms. The zero-order valence-electron chi connectivity index (χ0n) is 10.7. The lowest BCUT2D eigenvalue weighted by atomic mass is 10.1. The fourth-order valence-electron chi connectivity index (χ4n) is 2.16. The molecule has 1 aromatic rings. The number of halogens is 3. The average molecular weight is 291 g/mol. The number of rotatable bonds is 2. The Kier molecular flexibility index (Phi) is 5.69. The lowest BCUT2D eigenvalue weighted by Gasteiger charge is -2.31. The topological polar surface area (TPSA) is 32.3 Å². The molecule has 1 heterocycles. The second-order valence-corrected chi connectivity index (χ2v) is 4.55. The van der Waals surface area contributed by atoms with Gasteiger partial charge in [-0.15, -0.1) is 12.4 Å². The molecule has 1 fully saturated rings. The lowest BCUT2D eigenvalue weighted by Crippen LogP contribution is -2.46. The third-order valence-electron chi connectivity index (χ3n) is 3.31. The van der Waals surface area contributed by atoms with E-state index in [0.29, 0.717) is 0 Å². The summed E-state index contributed by atoms with van der Waals surface area (Å²) in [6.07, 6.45) is 1.94. The van der Waals surface area contributed by atoms with Crippen molar-refractivity contribution in [2.75, 3.05) is 20.1 Å². The molecule has 0 unspecified atom stereocenters. The molecule has 0 saturated carbocycles. The van der Waals surface area contributed by atoms with Gasteiger partial charge in [-0.1, -0.05) is 0 Å². The van der Waals surface area contributed by atoms with Crippen molar-refractivity contribution in [1.82, 2.24) is 10.2 Å². The van der Waals surface area contributed by atoms with Crippen LogP contribution < -0.4 is 5.32 Å². The summed E-state index contributed by atoms with van der Waals surface area (Å²) in [5, 5.41) is 3.21. The van der Waals surface area contributed by atoms with E-state index in [2.05, 4.69) is 5.32 Å². The standard InChI is InChI=1S/C13H16F2N2O.ClH/c1-17(10-3-2-6-16-8-10)13(18)9-4-5-11(14)12(15)7-9;/h4-5,7,10,16H,2-3,6,8H2,1H3;1H/t10-;/m1./s1. The first-order valence-electron chi connectivity index (χ1n) is 6.02. The van der Waals surface area contributed by atoms with Gasteiger partial charge in [0.15, 0.2) is 11.6 Å². The highest BCUT2D eigenvalue weighted by Crippen LogP contribution is 2.14. The number of hydrogen-bond acceptors (Lipinski definition) is 2. The van der Waals surface area contributed by atoms with Crippen LogP contribution in [0.2, 0.25) is 0 Å². The van der Waals surface area contributed by atoms with E-state index >= 15 is 0 Å². The first-order valence-corrected chi connectivity index (χ1v) is 6.02. The highest BCUT2D eigenvalue weighted by molar-refractivity contribution is 5.94. The molecule has 1 atom stereocenters. The Hall–Kier alpha value is -1.20. The van der Waals surface area contributed by atoms with Crippen LogP contribution in [0.3, 0.4) is 0 Å². The van der Waals surface area contributed by atoms with Gasteiger partial charge in [0, 0.05) is 25.2 Å². The van der Waals surface area contributed by atoms with Crippen molar-refractivity contribution < 1.29 is 13.6 Å². The normalized spacial score (nSPS) is 18.6. The molecule has 0 radical (unpaired) electrons. The summed E-state index contributed by atoms with van der Waals surface area (Å²) in [5.74, 6) is -2.20. The summed E-state index contributed by atoms with van der Waals surface area (Å²) < 4.78 is 25.9. The third-order valence-corrected chi connectivity index (χ3v) is 3.31. The van der Waals surface area contributed by atoms with Crippen molar-refractivity contribution in [2.24, 2.45) is 0 Å². The van der Waals surface area contributed by atoms with Gasteiger partial charge in [0.05, 0.1) is 0 Å². The molecule has 1 amide bonds. The first-order chi connectivity index (χ1) is 8.59. The van der Waals surface area contributed by atoms with Gasteiger partial charge < -0.3 is 10.2 Å². The van der Waals surface area contributed by atoms with Crippen LogP contribution in [-0.4, -0.2) is 37.0 Å². The molecule has 2 rings (SSSR count). The van der Waals surface area contributed by atoms with Crippen LogP contribution >= 0.6 is 12.4 Å². The molecule has 1 aliphatic rings. The van der Waals surface area contributed by atoms with Crippen molar-refractivity contribution in [3.05, 3.63) is 35.4 Å². The molecule has 0 bridgehead atoms. The number of piperidine rings is 1.